The van der Waals surface area contributed by atoms with Crippen LogP contribution in [-0.4, -0.2) is 4.98 Å². The van der Waals surface area contributed by atoms with Crippen molar-refractivity contribution < 1.29 is 4.74 Å². The summed E-state index contributed by atoms with van der Waals surface area (Å²) in [6, 6.07) is 10.3. The van der Waals surface area contributed by atoms with Crippen LogP contribution in [0.1, 0.15) is 37.3 Å². The second-order valence-electron chi connectivity index (χ2n) is 4.76. The van der Waals surface area contributed by atoms with Gasteiger partial charge < -0.3 is 4.74 Å². The summed E-state index contributed by atoms with van der Waals surface area (Å²) in [5.41, 5.74) is 2.36. The zero-order chi connectivity index (χ0) is 13.8. The lowest BCUT2D eigenvalue weighted by molar-refractivity contribution is 0.458. The van der Waals surface area contributed by atoms with Crippen molar-refractivity contribution in [2.75, 3.05) is 0 Å². The summed E-state index contributed by atoms with van der Waals surface area (Å²) in [4.78, 5) is 4.28. The fraction of sp³-hybridized carbons (Fsp3) is 0.312. The van der Waals surface area contributed by atoms with E-state index in [0.717, 1.165) is 22.2 Å². The van der Waals surface area contributed by atoms with Gasteiger partial charge in [-0.05, 0) is 59.0 Å². The molecule has 1 heterocycles. The first kappa shape index (κ1) is 14.1. The van der Waals surface area contributed by atoms with Gasteiger partial charge in [-0.3, -0.25) is 0 Å². The maximum Gasteiger partial charge on any atom is 0.222 e. The Morgan fingerprint density at radius 1 is 1.26 bits per heavy atom. The van der Waals surface area contributed by atoms with Crippen LogP contribution in [0.3, 0.4) is 0 Å². The number of aromatic nitrogens is 1. The second kappa shape index (κ2) is 6.20. The van der Waals surface area contributed by atoms with Crippen LogP contribution in [0.4, 0.5) is 0 Å². The Bertz CT molecular complexity index is 551. The van der Waals surface area contributed by atoms with Crippen LogP contribution in [0.2, 0.25) is 0 Å². The normalized spacial score (nSPS) is 12.2. The summed E-state index contributed by atoms with van der Waals surface area (Å²) in [7, 11) is 0. The largest absolute Gasteiger partial charge is 0.439 e. The van der Waals surface area contributed by atoms with Gasteiger partial charge in [0, 0.05) is 16.2 Å². The van der Waals surface area contributed by atoms with Crippen LogP contribution < -0.4 is 4.74 Å². The summed E-state index contributed by atoms with van der Waals surface area (Å²) in [6.45, 7) is 6.42. The van der Waals surface area contributed by atoms with Gasteiger partial charge in [0.05, 0.1) is 0 Å². The Hall–Kier alpha value is -1.35. The number of aryl methyl sites for hydroxylation is 1. The standard InChI is InChI=1S/C16H18BrNO/c1-4-11(2)13-5-7-15(8-6-13)19-16-12(3)9-14(17)10-18-16/h5-11H,4H2,1-3H3. The van der Waals surface area contributed by atoms with Crippen molar-refractivity contribution in [1.29, 1.82) is 0 Å². The highest BCUT2D eigenvalue weighted by atomic mass is 79.9. The fourth-order valence-corrected chi connectivity index (χ4v) is 2.29. The highest BCUT2D eigenvalue weighted by Crippen LogP contribution is 2.27. The molecule has 1 unspecified atom stereocenters. The van der Waals surface area contributed by atoms with Crippen LogP contribution >= 0.6 is 15.9 Å². The summed E-state index contributed by atoms with van der Waals surface area (Å²) < 4.78 is 6.76. The molecule has 2 aromatic rings. The molecule has 1 aromatic heterocycles. The Morgan fingerprint density at radius 3 is 2.53 bits per heavy atom. The minimum absolute atomic E-state index is 0.585. The van der Waals surface area contributed by atoms with E-state index in [1.807, 2.05) is 25.1 Å². The van der Waals surface area contributed by atoms with E-state index in [1.54, 1.807) is 6.20 Å². The van der Waals surface area contributed by atoms with Crippen LogP contribution in [0.15, 0.2) is 41.0 Å². The number of ether oxygens (including phenoxy) is 1. The SMILES string of the molecule is CCC(C)c1ccc(Oc2ncc(Br)cc2C)cc1. The maximum atomic E-state index is 5.80. The van der Waals surface area contributed by atoms with Crippen molar-refractivity contribution in [3.8, 4) is 11.6 Å². The molecule has 0 N–H and O–H groups in total. The molecule has 0 amide bonds. The van der Waals surface area contributed by atoms with Crippen molar-refractivity contribution in [2.45, 2.75) is 33.1 Å². The van der Waals surface area contributed by atoms with Gasteiger partial charge in [0.2, 0.25) is 5.88 Å². The summed E-state index contributed by atoms with van der Waals surface area (Å²) in [6.07, 6.45) is 2.89. The molecule has 2 rings (SSSR count). The van der Waals surface area contributed by atoms with Crippen LogP contribution in [0.25, 0.3) is 0 Å². The Morgan fingerprint density at radius 2 is 1.95 bits per heavy atom. The zero-order valence-corrected chi connectivity index (χ0v) is 13.1. The highest BCUT2D eigenvalue weighted by Gasteiger charge is 2.06. The maximum absolute atomic E-state index is 5.80. The summed E-state index contributed by atoms with van der Waals surface area (Å²) in [5.74, 6) is 2.06. The van der Waals surface area contributed by atoms with E-state index >= 15 is 0 Å². The summed E-state index contributed by atoms with van der Waals surface area (Å²) in [5, 5.41) is 0. The predicted molar refractivity (Wildman–Crippen MR) is 81.9 cm³/mol. The third kappa shape index (κ3) is 3.57. The third-order valence-electron chi connectivity index (χ3n) is 3.27. The van der Waals surface area contributed by atoms with E-state index in [1.165, 1.54) is 5.56 Å². The van der Waals surface area contributed by atoms with Crippen LogP contribution in [0, 0.1) is 6.92 Å². The van der Waals surface area contributed by atoms with E-state index in [-0.39, 0.29) is 0 Å². The molecule has 100 valence electrons. The molecular weight excluding hydrogens is 302 g/mol. The molecule has 1 aromatic carbocycles. The van der Waals surface area contributed by atoms with E-state index < -0.39 is 0 Å². The molecule has 2 nitrogen and oxygen atoms in total. The molecule has 0 spiro atoms. The minimum Gasteiger partial charge on any atom is -0.439 e. The molecule has 19 heavy (non-hydrogen) atoms. The van der Waals surface area contributed by atoms with Gasteiger partial charge in [0.1, 0.15) is 5.75 Å². The van der Waals surface area contributed by atoms with E-state index in [9.17, 15) is 0 Å². The van der Waals surface area contributed by atoms with Crippen molar-refractivity contribution in [3.63, 3.8) is 0 Å². The smallest absolute Gasteiger partial charge is 0.222 e. The first-order valence-electron chi connectivity index (χ1n) is 6.50. The number of pyridine rings is 1. The Labute approximate surface area is 123 Å². The molecule has 0 aliphatic carbocycles. The van der Waals surface area contributed by atoms with Crippen molar-refractivity contribution in [1.82, 2.24) is 4.98 Å². The number of hydrogen-bond acceptors (Lipinski definition) is 2. The number of halogens is 1. The monoisotopic (exact) mass is 319 g/mol. The topological polar surface area (TPSA) is 22.1 Å². The number of rotatable bonds is 4. The van der Waals surface area contributed by atoms with Gasteiger partial charge in [-0.25, -0.2) is 4.98 Å². The lowest BCUT2D eigenvalue weighted by Crippen LogP contribution is -1.93. The summed E-state index contributed by atoms with van der Waals surface area (Å²) >= 11 is 3.40. The van der Waals surface area contributed by atoms with Gasteiger partial charge >= 0.3 is 0 Å². The van der Waals surface area contributed by atoms with Crippen LogP contribution in [-0.2, 0) is 0 Å². The molecule has 1 atom stereocenters. The quantitative estimate of drug-likeness (QED) is 0.746. The zero-order valence-electron chi connectivity index (χ0n) is 11.5. The molecule has 3 heteroatoms. The molecular formula is C16H18BrNO. The molecule has 0 radical (unpaired) electrons. The van der Waals surface area contributed by atoms with Crippen molar-refractivity contribution in [3.05, 3.63) is 52.1 Å². The third-order valence-corrected chi connectivity index (χ3v) is 3.71. The average molecular weight is 320 g/mol. The van der Waals surface area contributed by atoms with Gasteiger partial charge in [-0.15, -0.1) is 0 Å². The minimum atomic E-state index is 0.585. The first-order chi connectivity index (χ1) is 9.10. The highest BCUT2D eigenvalue weighted by molar-refractivity contribution is 9.10. The molecule has 0 saturated heterocycles. The van der Waals surface area contributed by atoms with E-state index in [2.05, 4.69) is 46.9 Å². The van der Waals surface area contributed by atoms with Crippen molar-refractivity contribution in [2.24, 2.45) is 0 Å². The molecule has 0 saturated carbocycles. The molecule has 0 fully saturated rings. The van der Waals surface area contributed by atoms with E-state index in [0.29, 0.717) is 11.8 Å². The number of nitrogens with zero attached hydrogens (tertiary/aromatic N) is 1. The molecule has 0 bridgehead atoms. The number of hydrogen-bond donors (Lipinski definition) is 0. The van der Waals surface area contributed by atoms with Crippen molar-refractivity contribution >= 4 is 15.9 Å². The van der Waals surface area contributed by atoms with Gasteiger partial charge in [-0.1, -0.05) is 26.0 Å². The fourth-order valence-electron chi connectivity index (χ4n) is 1.85. The predicted octanol–water partition coefficient (Wildman–Crippen LogP) is 5.46. The first-order valence-corrected chi connectivity index (χ1v) is 7.29. The van der Waals surface area contributed by atoms with Crippen LogP contribution in [0.5, 0.6) is 11.6 Å². The average Bonchev–Trinajstić information content (AvgIpc) is 2.42. The lowest BCUT2D eigenvalue weighted by Gasteiger charge is -2.11. The molecule has 0 aliphatic heterocycles. The lowest BCUT2D eigenvalue weighted by atomic mass is 9.99. The van der Waals surface area contributed by atoms with Gasteiger partial charge in [0.15, 0.2) is 0 Å². The second-order valence-corrected chi connectivity index (χ2v) is 5.67. The van der Waals surface area contributed by atoms with Gasteiger partial charge in [-0.2, -0.15) is 0 Å². The Kier molecular flexibility index (Phi) is 4.59. The number of benzene rings is 1. The van der Waals surface area contributed by atoms with Gasteiger partial charge in [0.25, 0.3) is 0 Å². The van der Waals surface area contributed by atoms with E-state index in [4.69, 9.17) is 4.74 Å². The Balaban J connectivity index is 2.15. The molecule has 0 aliphatic rings.